The van der Waals surface area contributed by atoms with Crippen molar-refractivity contribution in [2.75, 3.05) is 0 Å². The third-order valence-corrected chi connectivity index (χ3v) is 1.67. The van der Waals surface area contributed by atoms with E-state index in [4.69, 9.17) is 6.42 Å². The number of hydrogen-bond acceptors (Lipinski definition) is 2. The molecule has 0 aliphatic heterocycles. The van der Waals surface area contributed by atoms with E-state index >= 15 is 0 Å². The van der Waals surface area contributed by atoms with Gasteiger partial charge in [0.1, 0.15) is 0 Å². The Morgan fingerprint density at radius 2 is 2.00 bits per heavy atom. The van der Waals surface area contributed by atoms with Gasteiger partial charge in [0.25, 0.3) is 5.69 Å². The van der Waals surface area contributed by atoms with Gasteiger partial charge in [-0.15, -0.1) is 6.42 Å². The standard InChI is InChI=1S/C9H4F3NO2/c1-2-6-3-4-7(13(14)15)5-8(6)9(10,11)12/h1,3-5H. The number of alkyl halides is 3. The molecule has 0 aliphatic rings. The normalized spacial score (nSPS) is 10.8. The van der Waals surface area contributed by atoms with Crippen molar-refractivity contribution in [3.8, 4) is 12.3 Å². The predicted molar refractivity (Wildman–Crippen MR) is 46.0 cm³/mol. The summed E-state index contributed by atoms with van der Waals surface area (Å²) in [6.07, 6.45) is 0.167. The van der Waals surface area contributed by atoms with Crippen LogP contribution in [0.15, 0.2) is 18.2 Å². The molecule has 1 rings (SSSR count). The summed E-state index contributed by atoms with van der Waals surface area (Å²) in [6, 6.07) is 2.26. The first kappa shape index (κ1) is 11.0. The molecule has 0 radical (unpaired) electrons. The summed E-state index contributed by atoms with van der Waals surface area (Å²) in [4.78, 5) is 9.36. The van der Waals surface area contributed by atoms with Crippen LogP contribution in [0.1, 0.15) is 11.1 Å². The largest absolute Gasteiger partial charge is 0.417 e. The van der Waals surface area contributed by atoms with Crippen LogP contribution in [0.3, 0.4) is 0 Å². The second kappa shape index (κ2) is 3.61. The molecule has 0 heterocycles. The quantitative estimate of drug-likeness (QED) is 0.410. The topological polar surface area (TPSA) is 43.1 Å². The molecule has 0 unspecified atom stereocenters. The lowest BCUT2D eigenvalue weighted by molar-refractivity contribution is -0.385. The van der Waals surface area contributed by atoms with Crippen LogP contribution in [0.5, 0.6) is 0 Å². The molecule has 0 amide bonds. The van der Waals surface area contributed by atoms with E-state index in [0.29, 0.717) is 6.07 Å². The predicted octanol–water partition coefficient (Wildman–Crippen LogP) is 2.59. The number of nitro groups is 1. The van der Waals surface area contributed by atoms with Crippen molar-refractivity contribution >= 4 is 5.69 Å². The third-order valence-electron chi connectivity index (χ3n) is 1.67. The molecule has 1 aromatic rings. The number of nitrogens with zero attached hydrogens (tertiary/aromatic N) is 1. The van der Waals surface area contributed by atoms with Gasteiger partial charge in [-0.05, 0) is 6.07 Å². The smallest absolute Gasteiger partial charge is 0.258 e. The summed E-state index contributed by atoms with van der Waals surface area (Å²) < 4.78 is 37.1. The SMILES string of the molecule is C#Cc1ccc([N+](=O)[O-])cc1C(F)(F)F. The van der Waals surface area contributed by atoms with Crippen LogP contribution in [0.4, 0.5) is 18.9 Å². The van der Waals surface area contributed by atoms with Crippen molar-refractivity contribution in [3.63, 3.8) is 0 Å². The van der Waals surface area contributed by atoms with Gasteiger partial charge in [-0.2, -0.15) is 13.2 Å². The average Bonchev–Trinajstić information content (AvgIpc) is 2.15. The first-order valence-corrected chi connectivity index (χ1v) is 3.68. The number of terminal acetylenes is 1. The van der Waals surface area contributed by atoms with Crippen LogP contribution in [0.25, 0.3) is 0 Å². The second-order valence-corrected chi connectivity index (χ2v) is 2.63. The highest BCUT2D eigenvalue weighted by Gasteiger charge is 2.34. The Kier molecular flexibility index (Phi) is 2.66. The molecule has 0 saturated carbocycles. The van der Waals surface area contributed by atoms with E-state index in [1.54, 1.807) is 0 Å². The molecular weight excluding hydrogens is 211 g/mol. The van der Waals surface area contributed by atoms with Crippen LogP contribution in [-0.4, -0.2) is 4.92 Å². The maximum Gasteiger partial charge on any atom is 0.417 e. The summed E-state index contributed by atoms with van der Waals surface area (Å²) in [7, 11) is 0. The Hall–Kier alpha value is -2.03. The summed E-state index contributed by atoms with van der Waals surface area (Å²) in [6.45, 7) is 0. The Morgan fingerprint density at radius 3 is 2.40 bits per heavy atom. The Morgan fingerprint density at radius 1 is 1.40 bits per heavy atom. The van der Waals surface area contributed by atoms with Crippen LogP contribution in [0.2, 0.25) is 0 Å². The minimum absolute atomic E-state index is 0.409. The zero-order valence-electron chi connectivity index (χ0n) is 7.21. The minimum Gasteiger partial charge on any atom is -0.258 e. The van der Waals surface area contributed by atoms with E-state index < -0.39 is 27.9 Å². The Labute approximate surface area is 82.7 Å². The summed E-state index contributed by atoms with van der Waals surface area (Å²) in [5.74, 6) is 1.83. The van der Waals surface area contributed by atoms with Crippen molar-refractivity contribution in [2.24, 2.45) is 0 Å². The van der Waals surface area contributed by atoms with E-state index in [9.17, 15) is 23.3 Å². The number of non-ortho nitro benzene ring substituents is 1. The van der Waals surface area contributed by atoms with E-state index in [0.717, 1.165) is 12.1 Å². The summed E-state index contributed by atoms with van der Waals surface area (Å²) in [5, 5.41) is 10.3. The molecule has 0 bridgehead atoms. The van der Waals surface area contributed by atoms with Crippen molar-refractivity contribution in [1.29, 1.82) is 0 Å². The van der Waals surface area contributed by atoms with Crippen LogP contribution < -0.4 is 0 Å². The highest BCUT2D eigenvalue weighted by molar-refractivity contribution is 5.48. The van der Waals surface area contributed by atoms with Gasteiger partial charge in [0.2, 0.25) is 0 Å². The van der Waals surface area contributed by atoms with Gasteiger partial charge >= 0.3 is 6.18 Å². The lowest BCUT2D eigenvalue weighted by atomic mass is 10.1. The monoisotopic (exact) mass is 215 g/mol. The highest BCUT2D eigenvalue weighted by atomic mass is 19.4. The molecule has 0 aromatic heterocycles. The molecule has 78 valence electrons. The lowest BCUT2D eigenvalue weighted by Crippen LogP contribution is -2.08. The Balaban J connectivity index is 3.40. The average molecular weight is 215 g/mol. The maximum atomic E-state index is 12.4. The Bertz CT molecular complexity index is 446. The van der Waals surface area contributed by atoms with E-state index in [2.05, 4.69) is 0 Å². The first-order valence-electron chi connectivity index (χ1n) is 3.68. The molecule has 0 spiro atoms. The van der Waals surface area contributed by atoms with E-state index in [1.165, 1.54) is 0 Å². The highest BCUT2D eigenvalue weighted by Crippen LogP contribution is 2.33. The van der Waals surface area contributed by atoms with E-state index in [-0.39, 0.29) is 0 Å². The number of hydrogen-bond donors (Lipinski definition) is 0. The molecule has 0 N–H and O–H groups in total. The van der Waals surface area contributed by atoms with Crippen LogP contribution >= 0.6 is 0 Å². The number of halogens is 3. The van der Waals surface area contributed by atoms with Crippen molar-refractivity contribution in [2.45, 2.75) is 6.18 Å². The van der Waals surface area contributed by atoms with Crippen molar-refractivity contribution in [1.82, 2.24) is 0 Å². The lowest BCUT2D eigenvalue weighted by Gasteiger charge is -2.08. The molecule has 1 aromatic carbocycles. The fourth-order valence-corrected chi connectivity index (χ4v) is 1.01. The number of benzene rings is 1. The fraction of sp³-hybridized carbons (Fsp3) is 0.111. The molecule has 6 heteroatoms. The van der Waals surface area contributed by atoms with Crippen molar-refractivity contribution < 1.29 is 18.1 Å². The summed E-state index contributed by atoms with van der Waals surface area (Å²) in [5.41, 5.74) is -2.21. The molecule has 15 heavy (non-hydrogen) atoms. The van der Waals surface area contributed by atoms with E-state index in [1.807, 2.05) is 5.92 Å². The zero-order valence-corrected chi connectivity index (χ0v) is 7.21. The zero-order chi connectivity index (χ0) is 11.6. The molecule has 0 aliphatic carbocycles. The van der Waals surface area contributed by atoms with Gasteiger partial charge in [-0.3, -0.25) is 10.1 Å². The first-order chi connectivity index (χ1) is 6.86. The minimum atomic E-state index is -4.69. The molecule has 3 nitrogen and oxygen atoms in total. The fourth-order valence-electron chi connectivity index (χ4n) is 1.01. The third kappa shape index (κ3) is 2.26. The van der Waals surface area contributed by atoms with Gasteiger partial charge in [0.15, 0.2) is 0 Å². The van der Waals surface area contributed by atoms with Crippen molar-refractivity contribution in [3.05, 3.63) is 39.4 Å². The summed E-state index contributed by atoms with van der Waals surface area (Å²) >= 11 is 0. The van der Waals surface area contributed by atoms with Gasteiger partial charge < -0.3 is 0 Å². The van der Waals surface area contributed by atoms with Gasteiger partial charge in [-0.1, -0.05) is 5.92 Å². The van der Waals surface area contributed by atoms with Crippen LogP contribution in [-0.2, 0) is 6.18 Å². The van der Waals surface area contributed by atoms with Gasteiger partial charge in [-0.25, -0.2) is 0 Å². The second-order valence-electron chi connectivity index (χ2n) is 2.63. The molecule has 0 fully saturated rings. The number of nitro benzene ring substituents is 1. The van der Waals surface area contributed by atoms with Gasteiger partial charge in [0.05, 0.1) is 10.5 Å². The van der Waals surface area contributed by atoms with Crippen LogP contribution in [0, 0.1) is 22.5 Å². The molecule has 0 saturated heterocycles. The molecular formula is C9H4F3NO2. The number of rotatable bonds is 1. The maximum absolute atomic E-state index is 12.4. The van der Waals surface area contributed by atoms with Gasteiger partial charge in [0, 0.05) is 17.7 Å². The molecule has 0 atom stereocenters.